The summed E-state index contributed by atoms with van der Waals surface area (Å²) < 4.78 is 10.0. The maximum atomic E-state index is 11.2. The minimum Gasteiger partial charge on any atom is -0.452 e. The van der Waals surface area contributed by atoms with Gasteiger partial charge in [-0.2, -0.15) is 5.10 Å². The highest BCUT2D eigenvalue weighted by Gasteiger charge is 2.25. The average molecular weight is 376 g/mol. The second-order valence-electron chi connectivity index (χ2n) is 6.06. The summed E-state index contributed by atoms with van der Waals surface area (Å²) in [7, 11) is 1.31. The maximum Gasteiger partial charge on any atom is 0.427 e. The smallest absolute Gasteiger partial charge is 0.427 e. The third-order valence-corrected chi connectivity index (χ3v) is 4.62. The zero-order valence-electron chi connectivity index (χ0n) is 14.7. The molecular weight excluding hydrogens is 354 g/mol. The van der Waals surface area contributed by atoms with Gasteiger partial charge in [-0.1, -0.05) is 23.7 Å². The lowest BCUT2D eigenvalue weighted by atomic mass is 10.1. The fourth-order valence-corrected chi connectivity index (χ4v) is 3.27. The number of nitrogens with one attached hydrogen (secondary N) is 1. The van der Waals surface area contributed by atoms with Gasteiger partial charge in [0.05, 0.1) is 26.5 Å². The largest absolute Gasteiger partial charge is 0.452 e. The molecule has 1 aromatic carbocycles. The number of ether oxygens (including phenoxy) is 2. The Morgan fingerprint density at radius 3 is 2.69 bits per heavy atom. The van der Waals surface area contributed by atoms with Crippen LogP contribution in [0.4, 0.5) is 4.79 Å². The molecule has 6 nitrogen and oxygen atoms in total. The van der Waals surface area contributed by atoms with Crippen LogP contribution in [0.3, 0.4) is 0 Å². The Morgan fingerprint density at radius 2 is 2.00 bits per heavy atom. The first-order valence-electron chi connectivity index (χ1n) is 8.57. The van der Waals surface area contributed by atoms with Crippen LogP contribution >= 0.6 is 11.6 Å². The summed E-state index contributed by atoms with van der Waals surface area (Å²) in [5.41, 5.74) is 7.00. The summed E-state index contributed by atoms with van der Waals surface area (Å²) in [6.45, 7) is 3.11. The number of allylic oxidation sites excluding steroid dienone is 2. The number of hydrazone groups is 1. The van der Waals surface area contributed by atoms with E-state index in [1.54, 1.807) is 6.21 Å². The van der Waals surface area contributed by atoms with E-state index in [1.165, 1.54) is 18.4 Å². The molecule has 0 spiro atoms. The van der Waals surface area contributed by atoms with Crippen LogP contribution in [0.1, 0.15) is 18.4 Å². The Morgan fingerprint density at radius 1 is 1.27 bits per heavy atom. The van der Waals surface area contributed by atoms with Crippen molar-refractivity contribution in [3.8, 4) is 0 Å². The molecule has 138 valence electrons. The van der Waals surface area contributed by atoms with Gasteiger partial charge in [0.25, 0.3) is 0 Å². The molecule has 0 aromatic heterocycles. The first-order chi connectivity index (χ1) is 12.7. The predicted octanol–water partition coefficient (Wildman–Crippen LogP) is 3.45. The number of methoxy groups -OCH3 is 1. The molecule has 1 aliphatic heterocycles. The molecule has 0 bridgehead atoms. The molecule has 3 rings (SSSR count). The third-order valence-electron chi connectivity index (χ3n) is 4.37. The van der Waals surface area contributed by atoms with Crippen molar-refractivity contribution in [2.75, 3.05) is 33.4 Å². The molecule has 1 fully saturated rings. The number of morpholine rings is 1. The summed E-state index contributed by atoms with van der Waals surface area (Å²) in [6.07, 6.45) is 5.12. The van der Waals surface area contributed by atoms with E-state index in [4.69, 9.17) is 16.3 Å². The van der Waals surface area contributed by atoms with E-state index in [2.05, 4.69) is 26.2 Å². The molecule has 1 N–H and O–H groups in total. The summed E-state index contributed by atoms with van der Waals surface area (Å²) in [5.74, 6) is 0. The molecule has 0 saturated carbocycles. The van der Waals surface area contributed by atoms with Gasteiger partial charge >= 0.3 is 6.09 Å². The molecule has 0 radical (unpaired) electrons. The lowest BCUT2D eigenvalue weighted by Crippen LogP contribution is -2.36. The molecular formula is C19H22ClN3O3. The summed E-state index contributed by atoms with van der Waals surface area (Å²) >= 11 is 5.98. The van der Waals surface area contributed by atoms with Gasteiger partial charge in [0.15, 0.2) is 0 Å². The van der Waals surface area contributed by atoms with Crippen LogP contribution in [0.5, 0.6) is 0 Å². The van der Waals surface area contributed by atoms with Crippen LogP contribution in [0.15, 0.2) is 46.2 Å². The number of hydrogen-bond acceptors (Lipinski definition) is 5. The second-order valence-corrected chi connectivity index (χ2v) is 6.49. The predicted molar refractivity (Wildman–Crippen MR) is 102 cm³/mol. The van der Waals surface area contributed by atoms with Crippen molar-refractivity contribution >= 4 is 30.0 Å². The Balaban J connectivity index is 1.88. The first-order valence-corrected chi connectivity index (χ1v) is 8.94. The zero-order valence-corrected chi connectivity index (χ0v) is 15.5. The minimum atomic E-state index is -0.579. The van der Waals surface area contributed by atoms with Gasteiger partial charge in [0.1, 0.15) is 0 Å². The van der Waals surface area contributed by atoms with E-state index in [-0.39, 0.29) is 0 Å². The SMILES string of the molecule is COC(=O)N/N=C/C1=C(N2CCOCC2)C(=C/c2ccc(Cl)cc2)/CC1. The number of nitrogens with zero attached hydrogens (tertiary/aromatic N) is 2. The summed E-state index contributed by atoms with van der Waals surface area (Å²) in [5, 5.41) is 4.74. The van der Waals surface area contributed by atoms with E-state index in [9.17, 15) is 4.79 Å². The van der Waals surface area contributed by atoms with Gasteiger partial charge in [-0.25, -0.2) is 10.2 Å². The maximum absolute atomic E-state index is 11.2. The summed E-state index contributed by atoms with van der Waals surface area (Å²) in [6, 6.07) is 7.81. The number of amides is 1. The highest BCUT2D eigenvalue weighted by Crippen LogP contribution is 2.35. The molecule has 1 amide bonds. The van der Waals surface area contributed by atoms with Crippen molar-refractivity contribution in [1.29, 1.82) is 0 Å². The molecule has 7 heteroatoms. The monoisotopic (exact) mass is 375 g/mol. The number of hydrogen-bond donors (Lipinski definition) is 1. The zero-order chi connectivity index (χ0) is 18.4. The van der Waals surface area contributed by atoms with E-state index in [0.29, 0.717) is 13.2 Å². The van der Waals surface area contributed by atoms with Crippen molar-refractivity contribution in [2.24, 2.45) is 5.10 Å². The van der Waals surface area contributed by atoms with Crippen LogP contribution in [0, 0.1) is 0 Å². The molecule has 1 aliphatic carbocycles. The molecule has 1 heterocycles. The Kier molecular flexibility index (Phi) is 6.30. The van der Waals surface area contributed by atoms with Crippen LogP contribution < -0.4 is 5.43 Å². The highest BCUT2D eigenvalue weighted by molar-refractivity contribution is 6.30. The molecule has 1 saturated heterocycles. The quantitative estimate of drug-likeness (QED) is 0.646. The number of benzene rings is 1. The Hall–Kier alpha value is -2.31. The van der Waals surface area contributed by atoms with E-state index in [1.807, 2.05) is 24.3 Å². The Bertz CT molecular complexity index is 735. The topological polar surface area (TPSA) is 63.2 Å². The third kappa shape index (κ3) is 4.65. The van der Waals surface area contributed by atoms with Crippen LogP contribution in [-0.2, 0) is 9.47 Å². The fourth-order valence-electron chi connectivity index (χ4n) is 3.14. The highest BCUT2D eigenvalue weighted by atomic mass is 35.5. The first kappa shape index (κ1) is 18.5. The van der Waals surface area contributed by atoms with Crippen molar-refractivity contribution in [2.45, 2.75) is 12.8 Å². The van der Waals surface area contributed by atoms with Crippen molar-refractivity contribution in [3.05, 3.63) is 51.7 Å². The number of carbonyl (C=O) groups excluding carboxylic acids is 1. The lowest BCUT2D eigenvalue weighted by molar-refractivity contribution is 0.0548. The van der Waals surface area contributed by atoms with Gasteiger partial charge in [0.2, 0.25) is 0 Å². The standard InChI is InChI=1S/C19H22ClN3O3/c1-25-19(24)22-21-13-16-5-4-15(12-14-2-6-17(20)7-3-14)18(16)23-8-10-26-11-9-23/h2-3,6-7,12-13H,4-5,8-11H2,1H3,(H,22,24)/b15-12+,21-13+. The molecule has 2 aliphatic rings. The van der Waals surface area contributed by atoms with Crippen molar-refractivity contribution in [3.63, 3.8) is 0 Å². The van der Waals surface area contributed by atoms with Crippen LogP contribution in [0.25, 0.3) is 6.08 Å². The molecule has 1 aromatic rings. The molecule has 0 unspecified atom stereocenters. The van der Waals surface area contributed by atoms with Gasteiger partial charge in [-0.3, -0.25) is 0 Å². The number of rotatable bonds is 4. The van der Waals surface area contributed by atoms with Gasteiger partial charge < -0.3 is 14.4 Å². The molecule has 26 heavy (non-hydrogen) atoms. The van der Waals surface area contributed by atoms with Crippen LogP contribution in [0.2, 0.25) is 5.02 Å². The fraction of sp³-hybridized carbons (Fsp3) is 0.368. The van der Waals surface area contributed by atoms with Crippen LogP contribution in [-0.4, -0.2) is 50.6 Å². The van der Waals surface area contributed by atoms with Crippen molar-refractivity contribution < 1.29 is 14.3 Å². The van der Waals surface area contributed by atoms with Gasteiger partial charge in [-0.15, -0.1) is 0 Å². The molecule has 0 atom stereocenters. The van der Waals surface area contributed by atoms with E-state index >= 15 is 0 Å². The van der Waals surface area contributed by atoms with Crippen molar-refractivity contribution in [1.82, 2.24) is 10.3 Å². The number of carbonyl (C=O) groups is 1. The second kappa shape index (κ2) is 8.87. The minimum absolute atomic E-state index is 0.579. The van der Waals surface area contributed by atoms with Gasteiger partial charge in [0, 0.05) is 23.8 Å². The Labute approximate surface area is 158 Å². The number of halogens is 1. The van der Waals surface area contributed by atoms with E-state index < -0.39 is 6.09 Å². The normalized spacial score (nSPS) is 19.5. The summed E-state index contributed by atoms with van der Waals surface area (Å²) in [4.78, 5) is 13.5. The average Bonchev–Trinajstić information content (AvgIpc) is 3.06. The lowest BCUT2D eigenvalue weighted by Gasteiger charge is -2.31. The van der Waals surface area contributed by atoms with E-state index in [0.717, 1.165) is 42.1 Å². The van der Waals surface area contributed by atoms with Gasteiger partial charge in [-0.05, 0) is 47.8 Å².